The highest BCUT2D eigenvalue weighted by Gasteiger charge is 2.16. The zero-order valence-corrected chi connectivity index (χ0v) is 9.39. The third-order valence-electron chi connectivity index (χ3n) is 3.76. The van der Waals surface area contributed by atoms with Gasteiger partial charge in [-0.05, 0) is 57.3 Å². The maximum Gasteiger partial charge on any atom is -0.00215 e. The molecule has 78 valence electrons. The van der Waals surface area contributed by atoms with E-state index in [0.717, 1.165) is 5.92 Å². The second kappa shape index (κ2) is 4.82. The first-order chi connectivity index (χ1) is 6.88. The van der Waals surface area contributed by atoms with Crippen molar-refractivity contribution in [2.75, 3.05) is 0 Å². The van der Waals surface area contributed by atoms with Crippen LogP contribution in [0.4, 0.5) is 0 Å². The van der Waals surface area contributed by atoms with Gasteiger partial charge >= 0.3 is 0 Å². The maximum absolute atomic E-state index is 2.50. The molecule has 0 radical (unpaired) electrons. The van der Waals surface area contributed by atoms with Gasteiger partial charge in [0.15, 0.2) is 0 Å². The number of hydrogen-bond acceptors (Lipinski definition) is 0. The molecule has 0 nitrogen and oxygen atoms in total. The molecule has 2 rings (SSSR count). The average molecular weight is 190 g/mol. The summed E-state index contributed by atoms with van der Waals surface area (Å²) in [4.78, 5) is 0. The first-order valence-electron chi connectivity index (χ1n) is 6.26. The van der Waals surface area contributed by atoms with Gasteiger partial charge in [-0.15, -0.1) is 0 Å². The van der Waals surface area contributed by atoms with Crippen molar-refractivity contribution in [2.24, 2.45) is 5.92 Å². The molecule has 0 heterocycles. The molecule has 2 aliphatic rings. The lowest BCUT2D eigenvalue weighted by Crippen LogP contribution is -2.08. The van der Waals surface area contributed by atoms with Crippen LogP contribution in [-0.4, -0.2) is 0 Å². The van der Waals surface area contributed by atoms with Gasteiger partial charge in [0.05, 0.1) is 0 Å². The lowest BCUT2D eigenvalue weighted by Gasteiger charge is -2.24. The lowest BCUT2D eigenvalue weighted by molar-refractivity contribution is 0.587. The molecule has 0 bridgehead atoms. The van der Waals surface area contributed by atoms with Gasteiger partial charge in [0.2, 0.25) is 0 Å². The fraction of sp³-hybridized carbons (Fsp3) is 0.714. The van der Waals surface area contributed by atoms with Crippen LogP contribution in [0, 0.1) is 5.92 Å². The summed E-state index contributed by atoms with van der Waals surface area (Å²) in [6, 6.07) is 0. The molecule has 14 heavy (non-hydrogen) atoms. The van der Waals surface area contributed by atoms with Gasteiger partial charge < -0.3 is 0 Å². The van der Waals surface area contributed by atoms with Gasteiger partial charge in [0, 0.05) is 0 Å². The second-order valence-electron chi connectivity index (χ2n) is 4.77. The Bertz CT molecular complexity index is 219. The van der Waals surface area contributed by atoms with E-state index in [2.05, 4.69) is 19.1 Å². The third kappa shape index (κ3) is 2.29. The Labute approximate surface area is 88.1 Å². The molecule has 0 unspecified atom stereocenters. The fourth-order valence-electron chi connectivity index (χ4n) is 2.75. The minimum atomic E-state index is 0.760. The minimum absolute atomic E-state index is 0.760. The lowest BCUT2D eigenvalue weighted by atomic mass is 9.81. The Morgan fingerprint density at radius 2 is 1.36 bits per heavy atom. The van der Waals surface area contributed by atoms with E-state index in [0.29, 0.717) is 0 Å². The van der Waals surface area contributed by atoms with E-state index >= 15 is 0 Å². The SMILES string of the molecule is CC(C1=CCCCC1)C1=CCCCC1. The van der Waals surface area contributed by atoms with Crippen LogP contribution in [0.5, 0.6) is 0 Å². The van der Waals surface area contributed by atoms with Gasteiger partial charge in [0.1, 0.15) is 0 Å². The molecule has 0 aromatic carbocycles. The first kappa shape index (κ1) is 10.0. The maximum atomic E-state index is 2.50. The summed E-state index contributed by atoms with van der Waals surface area (Å²) < 4.78 is 0. The van der Waals surface area contributed by atoms with Crippen LogP contribution in [0.3, 0.4) is 0 Å². The Balaban J connectivity index is 2.02. The highest BCUT2D eigenvalue weighted by atomic mass is 14.2. The van der Waals surface area contributed by atoms with E-state index in [1.54, 1.807) is 11.1 Å². The van der Waals surface area contributed by atoms with E-state index in [-0.39, 0.29) is 0 Å². The zero-order chi connectivity index (χ0) is 9.80. The number of rotatable bonds is 2. The van der Waals surface area contributed by atoms with Gasteiger partial charge in [0.25, 0.3) is 0 Å². The molecule has 2 aliphatic carbocycles. The van der Waals surface area contributed by atoms with Gasteiger partial charge in [-0.25, -0.2) is 0 Å². The van der Waals surface area contributed by atoms with Crippen LogP contribution in [-0.2, 0) is 0 Å². The predicted octanol–water partition coefficient (Wildman–Crippen LogP) is 4.62. The van der Waals surface area contributed by atoms with Gasteiger partial charge in [-0.1, -0.05) is 30.2 Å². The molecule has 0 N–H and O–H groups in total. The monoisotopic (exact) mass is 190 g/mol. The van der Waals surface area contributed by atoms with Crippen LogP contribution in [0.2, 0.25) is 0 Å². The summed E-state index contributed by atoms with van der Waals surface area (Å²) >= 11 is 0. The molecule has 0 aromatic heterocycles. The summed E-state index contributed by atoms with van der Waals surface area (Å²) in [6.45, 7) is 2.41. The molecule has 0 amide bonds. The third-order valence-corrected chi connectivity index (χ3v) is 3.76. The van der Waals surface area contributed by atoms with E-state index in [4.69, 9.17) is 0 Å². The Morgan fingerprint density at radius 3 is 1.71 bits per heavy atom. The second-order valence-corrected chi connectivity index (χ2v) is 4.77. The molecule has 0 aromatic rings. The van der Waals surface area contributed by atoms with Crippen molar-refractivity contribution in [3.05, 3.63) is 23.3 Å². The predicted molar refractivity (Wildman–Crippen MR) is 62.3 cm³/mol. The molecular weight excluding hydrogens is 168 g/mol. The largest absolute Gasteiger partial charge is 0.0847 e. The van der Waals surface area contributed by atoms with Crippen LogP contribution >= 0.6 is 0 Å². The van der Waals surface area contributed by atoms with E-state index in [1.807, 2.05) is 0 Å². The number of hydrogen-bond donors (Lipinski definition) is 0. The molecule has 0 saturated heterocycles. The van der Waals surface area contributed by atoms with Crippen LogP contribution in [0.25, 0.3) is 0 Å². The molecule has 0 aliphatic heterocycles. The van der Waals surface area contributed by atoms with Gasteiger partial charge in [-0.2, -0.15) is 0 Å². The summed E-state index contributed by atoms with van der Waals surface area (Å²) in [5, 5.41) is 0. The summed E-state index contributed by atoms with van der Waals surface area (Å²) in [5.41, 5.74) is 3.45. The van der Waals surface area contributed by atoms with E-state index in [9.17, 15) is 0 Å². The fourth-order valence-corrected chi connectivity index (χ4v) is 2.75. The molecular formula is C14H22. The summed E-state index contributed by atoms with van der Waals surface area (Å²) in [7, 11) is 0. The molecule has 0 heteroatoms. The van der Waals surface area contributed by atoms with Crippen molar-refractivity contribution in [3.63, 3.8) is 0 Å². The number of allylic oxidation sites excluding steroid dienone is 4. The Hall–Kier alpha value is -0.520. The van der Waals surface area contributed by atoms with Gasteiger partial charge in [-0.3, -0.25) is 0 Å². The standard InChI is InChI=1S/C14H22/c1-12(13-8-4-2-5-9-13)14-10-6-3-7-11-14/h8,10,12H,2-7,9,11H2,1H3. The van der Waals surface area contributed by atoms with Crippen molar-refractivity contribution < 1.29 is 0 Å². The highest BCUT2D eigenvalue weighted by molar-refractivity contribution is 5.22. The van der Waals surface area contributed by atoms with Crippen molar-refractivity contribution >= 4 is 0 Å². The highest BCUT2D eigenvalue weighted by Crippen LogP contribution is 2.33. The first-order valence-corrected chi connectivity index (χ1v) is 6.26. The molecule has 0 fully saturated rings. The topological polar surface area (TPSA) is 0 Å². The average Bonchev–Trinajstić information content (AvgIpc) is 2.30. The Kier molecular flexibility index (Phi) is 3.44. The van der Waals surface area contributed by atoms with Crippen LogP contribution in [0.15, 0.2) is 23.3 Å². The van der Waals surface area contributed by atoms with Crippen molar-refractivity contribution in [1.29, 1.82) is 0 Å². The summed E-state index contributed by atoms with van der Waals surface area (Å²) in [5.74, 6) is 0.760. The molecule has 0 saturated carbocycles. The summed E-state index contributed by atoms with van der Waals surface area (Å²) in [6.07, 6.45) is 16.0. The quantitative estimate of drug-likeness (QED) is 0.557. The Morgan fingerprint density at radius 1 is 0.857 bits per heavy atom. The minimum Gasteiger partial charge on any atom is -0.0847 e. The van der Waals surface area contributed by atoms with E-state index < -0.39 is 0 Å². The van der Waals surface area contributed by atoms with Crippen molar-refractivity contribution in [1.82, 2.24) is 0 Å². The van der Waals surface area contributed by atoms with E-state index in [1.165, 1.54) is 51.4 Å². The zero-order valence-electron chi connectivity index (χ0n) is 9.39. The molecule has 0 spiro atoms. The van der Waals surface area contributed by atoms with Crippen LogP contribution < -0.4 is 0 Å². The molecule has 0 atom stereocenters. The van der Waals surface area contributed by atoms with Crippen LogP contribution in [0.1, 0.15) is 58.3 Å². The van der Waals surface area contributed by atoms with Crippen molar-refractivity contribution in [3.8, 4) is 0 Å². The smallest absolute Gasteiger partial charge is 0.00215 e. The van der Waals surface area contributed by atoms with Crippen molar-refractivity contribution in [2.45, 2.75) is 58.3 Å². The normalized spacial score (nSPS) is 23.3.